The normalized spacial score (nSPS) is 13.7. The van der Waals surface area contributed by atoms with Crippen LogP contribution in [0.2, 0.25) is 0 Å². The molecule has 0 saturated carbocycles. The van der Waals surface area contributed by atoms with Gasteiger partial charge in [-0.15, -0.1) is 0 Å². The van der Waals surface area contributed by atoms with Crippen LogP contribution in [0.15, 0.2) is 78.5 Å². The first-order valence-electron chi connectivity index (χ1n) is 10.4. The number of benzene rings is 3. The van der Waals surface area contributed by atoms with Crippen LogP contribution in [0, 0.1) is 12.7 Å². The van der Waals surface area contributed by atoms with E-state index >= 15 is 0 Å². The number of nitrogens with one attached hydrogen (secondary N) is 1. The lowest BCUT2D eigenvalue weighted by molar-refractivity contribution is -0.120. The van der Waals surface area contributed by atoms with Crippen LogP contribution in [-0.4, -0.2) is 18.4 Å². The summed E-state index contributed by atoms with van der Waals surface area (Å²) in [6, 6.07) is 20.1. The summed E-state index contributed by atoms with van der Waals surface area (Å²) in [6.07, 6.45) is 0.787. The Morgan fingerprint density at radius 2 is 1.69 bits per heavy atom. The number of carbonyl (C=O) groups excluding carboxylic acids is 2. The summed E-state index contributed by atoms with van der Waals surface area (Å²) in [5.74, 6) is -0.988. The number of para-hydroxylation sites is 2. The monoisotopic (exact) mass is 430 g/mol. The van der Waals surface area contributed by atoms with Crippen molar-refractivity contribution in [1.29, 1.82) is 0 Å². The zero-order chi connectivity index (χ0) is 22.7. The predicted octanol–water partition coefficient (Wildman–Crippen LogP) is 5.32. The molecule has 3 aromatic carbocycles. The van der Waals surface area contributed by atoms with Gasteiger partial charge in [0.1, 0.15) is 17.3 Å². The highest BCUT2D eigenvalue weighted by molar-refractivity contribution is 6.46. The zero-order valence-electron chi connectivity index (χ0n) is 17.9. The molecule has 0 bridgehead atoms. The third kappa shape index (κ3) is 4.12. The second-order valence-electron chi connectivity index (χ2n) is 7.51. The van der Waals surface area contributed by atoms with Gasteiger partial charge in [0.2, 0.25) is 0 Å². The van der Waals surface area contributed by atoms with E-state index in [-0.39, 0.29) is 11.3 Å². The molecule has 32 heavy (non-hydrogen) atoms. The standard InChI is InChI=1S/C26H23FN2O3/c1-3-15-32-22-10-5-4-9-21(22)29-25(30)23(18-13-11-17(2)12-14-18)24(26(29)31)28-20-8-6-7-19(27)16-20/h4-14,16,28H,3,15H2,1-2H3. The lowest BCUT2D eigenvalue weighted by atomic mass is 10.0. The quantitative estimate of drug-likeness (QED) is 0.516. The fraction of sp³-hybridized carbons (Fsp3) is 0.154. The maximum Gasteiger partial charge on any atom is 0.282 e. The molecule has 6 heteroatoms. The molecular formula is C26H23FN2O3. The summed E-state index contributed by atoms with van der Waals surface area (Å²) >= 11 is 0. The van der Waals surface area contributed by atoms with E-state index in [2.05, 4.69) is 5.32 Å². The van der Waals surface area contributed by atoms with E-state index in [4.69, 9.17) is 4.74 Å². The summed E-state index contributed by atoms with van der Waals surface area (Å²) in [4.78, 5) is 28.2. The molecule has 1 heterocycles. The molecule has 1 aliphatic rings. The number of nitrogens with zero attached hydrogens (tertiary/aromatic N) is 1. The molecule has 1 aliphatic heterocycles. The van der Waals surface area contributed by atoms with E-state index in [9.17, 15) is 14.0 Å². The molecule has 5 nitrogen and oxygen atoms in total. The van der Waals surface area contributed by atoms with Gasteiger partial charge in [0, 0.05) is 5.69 Å². The first-order valence-corrected chi connectivity index (χ1v) is 10.4. The summed E-state index contributed by atoms with van der Waals surface area (Å²) in [5, 5.41) is 2.97. The smallest absolute Gasteiger partial charge is 0.282 e. The van der Waals surface area contributed by atoms with Crippen LogP contribution >= 0.6 is 0 Å². The first-order chi connectivity index (χ1) is 15.5. The fourth-order valence-electron chi connectivity index (χ4n) is 3.54. The highest BCUT2D eigenvalue weighted by Gasteiger charge is 2.41. The molecule has 0 spiro atoms. The molecule has 4 rings (SSSR count). The van der Waals surface area contributed by atoms with Crippen molar-refractivity contribution in [2.24, 2.45) is 0 Å². The van der Waals surface area contributed by atoms with Crippen molar-refractivity contribution in [2.45, 2.75) is 20.3 Å². The Hall–Kier alpha value is -3.93. The molecule has 0 saturated heterocycles. The molecule has 3 aromatic rings. The Morgan fingerprint density at radius 1 is 0.938 bits per heavy atom. The molecule has 162 valence electrons. The minimum Gasteiger partial charge on any atom is -0.491 e. The molecule has 0 unspecified atom stereocenters. The van der Waals surface area contributed by atoms with Crippen LogP contribution in [0.1, 0.15) is 24.5 Å². The second-order valence-corrected chi connectivity index (χ2v) is 7.51. The van der Waals surface area contributed by atoms with Gasteiger partial charge >= 0.3 is 0 Å². The molecule has 1 N–H and O–H groups in total. The number of ether oxygens (including phenoxy) is 1. The number of aryl methyl sites for hydroxylation is 1. The Labute approximate surface area is 186 Å². The molecule has 0 aromatic heterocycles. The van der Waals surface area contributed by atoms with E-state index in [1.807, 2.05) is 26.0 Å². The Bertz CT molecular complexity index is 1200. The van der Waals surface area contributed by atoms with Gasteiger partial charge in [-0.2, -0.15) is 0 Å². The van der Waals surface area contributed by atoms with Crippen molar-refractivity contribution < 1.29 is 18.7 Å². The van der Waals surface area contributed by atoms with Crippen LogP contribution in [-0.2, 0) is 9.59 Å². The van der Waals surface area contributed by atoms with Gasteiger partial charge in [-0.1, -0.05) is 55.0 Å². The van der Waals surface area contributed by atoms with Crippen LogP contribution in [0.5, 0.6) is 5.75 Å². The number of halogens is 1. The maximum absolute atomic E-state index is 13.8. The van der Waals surface area contributed by atoms with Crippen molar-refractivity contribution in [2.75, 3.05) is 16.8 Å². The minimum absolute atomic E-state index is 0.0924. The molecule has 0 aliphatic carbocycles. The Kier molecular flexibility index (Phi) is 6.03. The summed E-state index contributed by atoms with van der Waals surface area (Å²) in [7, 11) is 0. The van der Waals surface area contributed by atoms with E-state index in [0.717, 1.165) is 16.9 Å². The largest absolute Gasteiger partial charge is 0.491 e. The van der Waals surface area contributed by atoms with E-state index in [1.165, 1.54) is 18.2 Å². The van der Waals surface area contributed by atoms with Crippen LogP contribution < -0.4 is 15.0 Å². The van der Waals surface area contributed by atoms with E-state index < -0.39 is 17.6 Å². The lowest BCUT2D eigenvalue weighted by Crippen LogP contribution is -2.32. The van der Waals surface area contributed by atoms with Crippen LogP contribution in [0.3, 0.4) is 0 Å². The SMILES string of the molecule is CCCOc1ccccc1N1C(=O)C(Nc2cccc(F)c2)=C(c2ccc(C)cc2)C1=O. The molecular weight excluding hydrogens is 407 g/mol. The van der Waals surface area contributed by atoms with E-state index in [1.54, 1.807) is 42.5 Å². The lowest BCUT2D eigenvalue weighted by Gasteiger charge is -2.19. The summed E-state index contributed by atoms with van der Waals surface area (Å²) in [5.41, 5.74) is 2.70. The summed E-state index contributed by atoms with van der Waals surface area (Å²) < 4.78 is 19.5. The van der Waals surface area contributed by atoms with Gasteiger partial charge in [0.15, 0.2) is 0 Å². The van der Waals surface area contributed by atoms with Crippen molar-refractivity contribution in [1.82, 2.24) is 0 Å². The minimum atomic E-state index is -0.526. The van der Waals surface area contributed by atoms with Gasteiger partial charge in [0.05, 0.1) is 17.9 Å². The van der Waals surface area contributed by atoms with Crippen molar-refractivity contribution in [3.63, 3.8) is 0 Å². The number of imide groups is 1. The van der Waals surface area contributed by atoms with Gasteiger partial charge in [-0.3, -0.25) is 9.59 Å². The van der Waals surface area contributed by atoms with Crippen LogP contribution in [0.4, 0.5) is 15.8 Å². The second kappa shape index (κ2) is 9.06. The predicted molar refractivity (Wildman–Crippen MR) is 123 cm³/mol. The molecule has 0 fully saturated rings. The van der Waals surface area contributed by atoms with Crippen molar-refractivity contribution in [3.8, 4) is 5.75 Å². The Morgan fingerprint density at radius 3 is 2.41 bits per heavy atom. The molecule has 0 atom stereocenters. The number of rotatable bonds is 7. The van der Waals surface area contributed by atoms with Gasteiger partial charge in [-0.05, 0) is 49.2 Å². The zero-order valence-corrected chi connectivity index (χ0v) is 17.9. The highest BCUT2D eigenvalue weighted by atomic mass is 19.1. The first kappa shape index (κ1) is 21.3. The highest BCUT2D eigenvalue weighted by Crippen LogP contribution is 2.38. The van der Waals surface area contributed by atoms with E-state index in [0.29, 0.717) is 29.3 Å². The van der Waals surface area contributed by atoms with Gasteiger partial charge in [0.25, 0.3) is 11.8 Å². The van der Waals surface area contributed by atoms with Crippen molar-refractivity contribution >= 4 is 28.8 Å². The van der Waals surface area contributed by atoms with Crippen molar-refractivity contribution in [3.05, 3.63) is 95.4 Å². The van der Waals surface area contributed by atoms with Crippen LogP contribution in [0.25, 0.3) is 5.57 Å². The summed E-state index contributed by atoms with van der Waals surface area (Å²) in [6.45, 7) is 4.38. The number of hydrogen-bond donors (Lipinski definition) is 1. The third-order valence-corrected chi connectivity index (χ3v) is 5.09. The average molecular weight is 430 g/mol. The Balaban J connectivity index is 1.81. The maximum atomic E-state index is 13.8. The third-order valence-electron chi connectivity index (χ3n) is 5.09. The number of hydrogen-bond acceptors (Lipinski definition) is 4. The van der Waals surface area contributed by atoms with Gasteiger partial charge < -0.3 is 10.1 Å². The number of carbonyl (C=O) groups is 2. The fourth-order valence-corrected chi connectivity index (χ4v) is 3.54. The number of amides is 2. The topological polar surface area (TPSA) is 58.6 Å². The van der Waals surface area contributed by atoms with Gasteiger partial charge in [-0.25, -0.2) is 9.29 Å². The molecule has 2 amide bonds. The molecule has 0 radical (unpaired) electrons. The average Bonchev–Trinajstić information content (AvgIpc) is 3.02. The number of anilines is 2.